The van der Waals surface area contributed by atoms with Gasteiger partial charge in [-0.1, -0.05) is 13.0 Å². The molecule has 0 radical (unpaired) electrons. The van der Waals surface area contributed by atoms with Crippen LogP contribution in [0.2, 0.25) is 0 Å². The van der Waals surface area contributed by atoms with Crippen LogP contribution in [0.25, 0.3) is 0 Å². The third-order valence-electron chi connectivity index (χ3n) is 1.74. The topological polar surface area (TPSA) is 59.1 Å². The Morgan fingerprint density at radius 3 is 2.81 bits per heavy atom. The van der Waals surface area contributed by atoms with E-state index in [0.717, 1.165) is 6.07 Å². The van der Waals surface area contributed by atoms with Crippen molar-refractivity contribution in [2.75, 3.05) is 16.4 Å². The smallest absolute Gasteiger partial charge is 0.234 e. The van der Waals surface area contributed by atoms with Crippen LogP contribution >= 0.6 is 11.6 Å². The van der Waals surface area contributed by atoms with Gasteiger partial charge in [-0.25, -0.2) is 13.4 Å². The normalized spacial score (nSPS) is 13.4. The van der Waals surface area contributed by atoms with E-state index in [0.29, 0.717) is 0 Å². The summed E-state index contributed by atoms with van der Waals surface area (Å²) < 4.78 is 38.0. The molecule has 90 valence electrons. The van der Waals surface area contributed by atoms with E-state index < -0.39 is 16.0 Å². The first-order valence-electron chi connectivity index (χ1n) is 4.62. The van der Waals surface area contributed by atoms with Gasteiger partial charge in [0.15, 0.2) is 0 Å². The second kappa shape index (κ2) is 5.45. The van der Waals surface area contributed by atoms with E-state index in [2.05, 4.69) is 9.71 Å². The third kappa shape index (κ3) is 4.32. The number of alkyl halides is 1. The number of aromatic nitrogens is 1. The molecule has 0 aromatic carbocycles. The van der Waals surface area contributed by atoms with Gasteiger partial charge in [0.05, 0.1) is 5.75 Å². The molecule has 0 aliphatic carbocycles. The summed E-state index contributed by atoms with van der Waals surface area (Å²) in [6.07, 6.45) is 0. The number of hydrogen-bond donors (Lipinski definition) is 1. The Labute approximate surface area is 98.9 Å². The van der Waals surface area contributed by atoms with Crippen LogP contribution in [-0.2, 0) is 10.0 Å². The zero-order valence-electron chi connectivity index (χ0n) is 8.65. The van der Waals surface area contributed by atoms with Gasteiger partial charge in [-0.2, -0.15) is 4.39 Å². The second-order valence-corrected chi connectivity index (χ2v) is 5.56. The summed E-state index contributed by atoms with van der Waals surface area (Å²) in [6.45, 7) is 1.71. The molecular formula is C9H12ClFN2O2S. The Hall–Kier alpha value is -0.880. The number of rotatable bonds is 5. The molecule has 4 nitrogen and oxygen atoms in total. The van der Waals surface area contributed by atoms with Crippen molar-refractivity contribution in [2.45, 2.75) is 6.92 Å². The molecule has 0 amide bonds. The van der Waals surface area contributed by atoms with Crippen LogP contribution in [0, 0.1) is 11.9 Å². The first-order valence-corrected chi connectivity index (χ1v) is 6.80. The molecule has 0 aliphatic heterocycles. The van der Waals surface area contributed by atoms with Crippen molar-refractivity contribution in [3.05, 3.63) is 24.1 Å². The van der Waals surface area contributed by atoms with E-state index in [4.69, 9.17) is 11.6 Å². The van der Waals surface area contributed by atoms with Crippen LogP contribution < -0.4 is 4.72 Å². The van der Waals surface area contributed by atoms with Crippen LogP contribution in [-0.4, -0.2) is 25.0 Å². The van der Waals surface area contributed by atoms with E-state index in [9.17, 15) is 12.8 Å². The van der Waals surface area contributed by atoms with Gasteiger partial charge in [-0.05, 0) is 18.1 Å². The van der Waals surface area contributed by atoms with Gasteiger partial charge >= 0.3 is 0 Å². The quantitative estimate of drug-likeness (QED) is 0.653. The molecule has 1 heterocycles. The number of pyridine rings is 1. The van der Waals surface area contributed by atoms with Crippen molar-refractivity contribution < 1.29 is 12.8 Å². The molecular weight excluding hydrogens is 255 g/mol. The average molecular weight is 267 g/mol. The second-order valence-electron chi connectivity index (χ2n) is 3.49. The first-order chi connectivity index (χ1) is 7.43. The minimum absolute atomic E-state index is 0.0261. The van der Waals surface area contributed by atoms with E-state index in [1.807, 2.05) is 0 Å². The molecule has 0 fully saturated rings. The predicted molar refractivity (Wildman–Crippen MR) is 61.5 cm³/mol. The Balaban J connectivity index is 2.73. The minimum atomic E-state index is -3.53. The van der Waals surface area contributed by atoms with Crippen LogP contribution in [0.5, 0.6) is 0 Å². The molecule has 1 unspecified atom stereocenters. The molecule has 0 aliphatic rings. The highest BCUT2D eigenvalue weighted by atomic mass is 35.5. The lowest BCUT2D eigenvalue weighted by Crippen LogP contribution is -2.22. The van der Waals surface area contributed by atoms with Gasteiger partial charge < -0.3 is 0 Å². The number of halogens is 2. The van der Waals surface area contributed by atoms with E-state index in [1.165, 1.54) is 12.1 Å². The maximum Gasteiger partial charge on any atom is 0.234 e. The number of hydrogen-bond acceptors (Lipinski definition) is 3. The lowest BCUT2D eigenvalue weighted by molar-refractivity contribution is 0.582. The van der Waals surface area contributed by atoms with Crippen LogP contribution in [0.1, 0.15) is 6.92 Å². The summed E-state index contributed by atoms with van der Waals surface area (Å²) in [5.74, 6) is -0.799. The average Bonchev–Trinajstić information content (AvgIpc) is 2.15. The van der Waals surface area contributed by atoms with Crippen molar-refractivity contribution >= 4 is 27.4 Å². The van der Waals surface area contributed by atoms with Gasteiger partial charge in [-0.3, -0.25) is 4.72 Å². The number of sulfonamides is 1. The zero-order chi connectivity index (χ0) is 12.2. The summed E-state index contributed by atoms with van der Waals surface area (Å²) in [4.78, 5) is 3.40. The summed E-state index contributed by atoms with van der Waals surface area (Å²) in [6, 6.07) is 3.90. The van der Waals surface area contributed by atoms with E-state index >= 15 is 0 Å². The fourth-order valence-electron chi connectivity index (χ4n) is 1.09. The Kier molecular flexibility index (Phi) is 4.49. The van der Waals surface area contributed by atoms with Gasteiger partial charge in [0.25, 0.3) is 0 Å². The molecule has 1 atom stereocenters. The first kappa shape index (κ1) is 13.2. The molecule has 16 heavy (non-hydrogen) atoms. The summed E-state index contributed by atoms with van der Waals surface area (Å²) in [7, 11) is -3.53. The molecule has 1 aromatic heterocycles. The number of anilines is 1. The minimum Gasteiger partial charge on any atom is -0.267 e. The van der Waals surface area contributed by atoms with Crippen molar-refractivity contribution in [3.63, 3.8) is 0 Å². The van der Waals surface area contributed by atoms with Gasteiger partial charge in [-0.15, -0.1) is 11.6 Å². The zero-order valence-corrected chi connectivity index (χ0v) is 10.2. The monoisotopic (exact) mass is 266 g/mol. The summed E-state index contributed by atoms with van der Waals surface area (Å²) in [5, 5.41) is 0. The molecule has 0 bridgehead atoms. The van der Waals surface area contributed by atoms with Crippen LogP contribution in [0.15, 0.2) is 18.2 Å². The van der Waals surface area contributed by atoms with E-state index in [1.54, 1.807) is 6.92 Å². The Morgan fingerprint density at radius 1 is 1.56 bits per heavy atom. The van der Waals surface area contributed by atoms with Crippen molar-refractivity contribution in [1.29, 1.82) is 0 Å². The van der Waals surface area contributed by atoms with Gasteiger partial charge in [0, 0.05) is 5.88 Å². The van der Waals surface area contributed by atoms with Gasteiger partial charge in [0.2, 0.25) is 16.0 Å². The lowest BCUT2D eigenvalue weighted by Gasteiger charge is -2.10. The molecule has 1 N–H and O–H groups in total. The number of nitrogens with zero attached hydrogens (tertiary/aromatic N) is 1. The molecule has 0 spiro atoms. The molecule has 0 saturated carbocycles. The highest BCUT2D eigenvalue weighted by Crippen LogP contribution is 2.09. The third-order valence-corrected chi connectivity index (χ3v) is 3.80. The Morgan fingerprint density at radius 2 is 2.25 bits per heavy atom. The fourth-order valence-corrected chi connectivity index (χ4v) is 2.71. The standard InChI is InChI=1S/C9H12ClFN2O2S/c1-7(5-10)6-16(14,15)13-9-4-2-3-8(11)12-9/h2-4,7H,5-6H2,1H3,(H,12,13). The highest BCUT2D eigenvalue weighted by molar-refractivity contribution is 7.92. The van der Waals surface area contributed by atoms with Crippen molar-refractivity contribution in [2.24, 2.45) is 5.92 Å². The van der Waals surface area contributed by atoms with E-state index in [-0.39, 0.29) is 23.4 Å². The number of nitrogens with one attached hydrogen (secondary N) is 1. The van der Waals surface area contributed by atoms with Crippen molar-refractivity contribution in [3.8, 4) is 0 Å². The highest BCUT2D eigenvalue weighted by Gasteiger charge is 2.15. The Bertz CT molecular complexity index is 453. The molecule has 0 saturated heterocycles. The maximum atomic E-state index is 12.7. The summed E-state index contributed by atoms with van der Waals surface area (Å²) in [5.41, 5.74) is 0. The SMILES string of the molecule is CC(CCl)CS(=O)(=O)Nc1cccc(F)n1. The predicted octanol–water partition coefficient (Wildman–Crippen LogP) is 1.84. The lowest BCUT2D eigenvalue weighted by atomic mass is 10.3. The molecule has 7 heteroatoms. The molecule has 1 aromatic rings. The van der Waals surface area contributed by atoms with Crippen LogP contribution in [0.4, 0.5) is 10.2 Å². The maximum absolute atomic E-state index is 12.7. The summed E-state index contributed by atoms with van der Waals surface area (Å²) >= 11 is 5.52. The largest absolute Gasteiger partial charge is 0.267 e. The van der Waals surface area contributed by atoms with Gasteiger partial charge in [0.1, 0.15) is 5.82 Å². The van der Waals surface area contributed by atoms with Crippen molar-refractivity contribution in [1.82, 2.24) is 4.98 Å². The fraction of sp³-hybridized carbons (Fsp3) is 0.444. The molecule has 1 rings (SSSR count). The van der Waals surface area contributed by atoms with Crippen LogP contribution in [0.3, 0.4) is 0 Å².